The Morgan fingerprint density at radius 2 is 1.83 bits per heavy atom. The number of nitro benzene ring substituents is 1. The minimum Gasteiger partial charge on any atom is -0.360 e. The first-order valence-corrected chi connectivity index (χ1v) is 11.3. The topological polar surface area (TPSA) is 70.2 Å². The molecule has 8 heteroatoms. The van der Waals surface area contributed by atoms with E-state index < -0.39 is 0 Å². The molecule has 1 aliphatic heterocycles. The van der Waals surface area contributed by atoms with E-state index in [9.17, 15) is 10.1 Å². The molecule has 0 N–H and O–H groups in total. The summed E-state index contributed by atoms with van der Waals surface area (Å²) in [5.74, 6) is 0.901. The van der Waals surface area contributed by atoms with Gasteiger partial charge in [-0.1, -0.05) is 48.2 Å². The molecule has 0 spiro atoms. The maximum absolute atomic E-state index is 11.7. The number of thioether (sulfide) groups is 1. The lowest BCUT2D eigenvalue weighted by atomic mass is 10.2. The summed E-state index contributed by atoms with van der Waals surface area (Å²) < 4.78 is 7.71. The summed E-state index contributed by atoms with van der Waals surface area (Å²) in [5, 5.41) is 17.5. The van der Waals surface area contributed by atoms with Gasteiger partial charge in [-0.2, -0.15) is 5.10 Å². The highest BCUT2D eigenvalue weighted by Gasteiger charge is 2.28. The quantitative estimate of drug-likeness (QED) is 0.289. The first-order valence-electron chi connectivity index (χ1n) is 9.43. The average Bonchev–Trinajstić information content (AvgIpc) is 3.43. The summed E-state index contributed by atoms with van der Waals surface area (Å²) in [6, 6.07) is 22.8. The van der Waals surface area contributed by atoms with Gasteiger partial charge in [-0.25, -0.2) is 4.68 Å². The van der Waals surface area contributed by atoms with Crippen LogP contribution in [0.4, 0.5) is 5.69 Å². The molecule has 1 fully saturated rings. The van der Waals surface area contributed by atoms with Crippen LogP contribution in [0.5, 0.6) is 0 Å². The van der Waals surface area contributed by atoms with Crippen molar-refractivity contribution in [2.24, 2.45) is 0 Å². The lowest BCUT2D eigenvalue weighted by molar-refractivity contribution is -0.384. The summed E-state index contributed by atoms with van der Waals surface area (Å²) in [5.41, 5.74) is 2.23. The van der Waals surface area contributed by atoms with Gasteiger partial charge < -0.3 is 4.74 Å². The number of nitrogens with zero attached hydrogens (tertiary/aromatic N) is 3. The first kappa shape index (κ1) is 19.2. The third-order valence-electron chi connectivity index (χ3n) is 4.79. The van der Waals surface area contributed by atoms with E-state index in [1.54, 1.807) is 28.6 Å². The van der Waals surface area contributed by atoms with Gasteiger partial charge in [0.15, 0.2) is 0 Å². The van der Waals surface area contributed by atoms with Gasteiger partial charge in [0.25, 0.3) is 5.69 Å². The zero-order valence-corrected chi connectivity index (χ0v) is 17.4. The Bertz CT molecular complexity index is 1210. The molecule has 0 unspecified atom stereocenters. The second-order valence-corrected chi connectivity index (χ2v) is 9.00. The van der Waals surface area contributed by atoms with E-state index >= 15 is 0 Å². The summed E-state index contributed by atoms with van der Waals surface area (Å²) in [7, 11) is 0. The number of aromatic nitrogens is 2. The predicted octanol–water partition coefficient (Wildman–Crippen LogP) is 5.85. The molecule has 1 aromatic heterocycles. The second-order valence-electron chi connectivity index (χ2n) is 6.72. The van der Waals surface area contributed by atoms with Crippen LogP contribution in [-0.2, 0) is 4.74 Å². The van der Waals surface area contributed by atoms with Crippen molar-refractivity contribution in [1.29, 1.82) is 0 Å². The molecule has 1 aliphatic rings. The Morgan fingerprint density at radius 1 is 1.10 bits per heavy atom. The van der Waals surface area contributed by atoms with E-state index in [0.29, 0.717) is 12.1 Å². The number of non-ortho nitro benzene ring substituents is 1. The van der Waals surface area contributed by atoms with Crippen molar-refractivity contribution >= 4 is 40.1 Å². The van der Waals surface area contributed by atoms with Crippen LogP contribution in [0.3, 0.4) is 0 Å². The molecule has 2 heterocycles. The van der Waals surface area contributed by atoms with Crippen LogP contribution in [-0.4, -0.2) is 27.1 Å². The normalized spacial score (nSPS) is 16.2. The van der Waals surface area contributed by atoms with Crippen LogP contribution >= 0.6 is 23.5 Å². The van der Waals surface area contributed by atoms with E-state index in [1.165, 1.54) is 11.8 Å². The molecule has 0 radical (unpaired) electrons. The molecule has 0 amide bonds. The first-order chi connectivity index (χ1) is 14.7. The SMILES string of the molecule is O=[N+]([O-])c1cc(Sc2ccccc2)c2c([C@@H]3OCCS3)nn(-c3ccccc3)c2c1. The molecule has 0 bridgehead atoms. The van der Waals surface area contributed by atoms with Gasteiger partial charge >= 0.3 is 0 Å². The van der Waals surface area contributed by atoms with Crippen LogP contribution in [0.25, 0.3) is 16.6 Å². The lowest BCUT2D eigenvalue weighted by Crippen LogP contribution is -1.99. The third-order valence-corrected chi connectivity index (χ3v) is 6.90. The smallest absolute Gasteiger partial charge is 0.272 e. The van der Waals surface area contributed by atoms with Gasteiger partial charge in [0.05, 0.1) is 22.7 Å². The Labute approximate surface area is 181 Å². The van der Waals surface area contributed by atoms with E-state index in [-0.39, 0.29) is 16.0 Å². The zero-order chi connectivity index (χ0) is 20.5. The maximum Gasteiger partial charge on any atom is 0.272 e. The molecule has 1 saturated heterocycles. The fourth-order valence-electron chi connectivity index (χ4n) is 3.47. The number of ether oxygens (including phenoxy) is 1. The fourth-order valence-corrected chi connectivity index (χ4v) is 5.43. The van der Waals surface area contributed by atoms with Crippen LogP contribution in [0.2, 0.25) is 0 Å². The summed E-state index contributed by atoms with van der Waals surface area (Å²) >= 11 is 3.21. The van der Waals surface area contributed by atoms with Crippen LogP contribution < -0.4 is 0 Å². The molecule has 6 nitrogen and oxygen atoms in total. The van der Waals surface area contributed by atoms with E-state index in [1.807, 2.05) is 60.7 Å². The van der Waals surface area contributed by atoms with Gasteiger partial charge in [0.1, 0.15) is 11.1 Å². The minimum atomic E-state index is -0.350. The highest BCUT2D eigenvalue weighted by molar-refractivity contribution is 8.00. The van der Waals surface area contributed by atoms with Gasteiger partial charge in [-0.05, 0) is 24.3 Å². The van der Waals surface area contributed by atoms with Gasteiger partial charge in [-0.15, -0.1) is 11.8 Å². The molecule has 5 rings (SSSR count). The van der Waals surface area contributed by atoms with Crippen molar-refractivity contribution in [3.63, 3.8) is 0 Å². The second kappa shape index (κ2) is 8.14. The summed E-state index contributed by atoms with van der Waals surface area (Å²) in [4.78, 5) is 13.2. The monoisotopic (exact) mass is 435 g/mol. The molecule has 0 aliphatic carbocycles. The number of benzene rings is 3. The summed E-state index contributed by atoms with van der Waals surface area (Å²) in [6.45, 7) is 0.670. The molecule has 0 saturated carbocycles. The average molecular weight is 436 g/mol. The third kappa shape index (κ3) is 3.58. The number of fused-ring (bicyclic) bond motifs is 1. The van der Waals surface area contributed by atoms with E-state index in [2.05, 4.69) is 0 Å². The fraction of sp³-hybridized carbons (Fsp3) is 0.136. The van der Waals surface area contributed by atoms with E-state index in [4.69, 9.17) is 9.84 Å². The van der Waals surface area contributed by atoms with Crippen LogP contribution in [0, 0.1) is 10.1 Å². The Morgan fingerprint density at radius 3 is 2.50 bits per heavy atom. The highest BCUT2D eigenvalue weighted by Crippen LogP contribution is 2.44. The molecular weight excluding hydrogens is 418 g/mol. The number of hydrogen-bond donors (Lipinski definition) is 0. The van der Waals surface area contributed by atoms with Crippen molar-refractivity contribution in [2.75, 3.05) is 12.4 Å². The van der Waals surface area contributed by atoms with Crippen LogP contribution in [0.1, 0.15) is 11.1 Å². The van der Waals surface area contributed by atoms with Crippen molar-refractivity contribution in [2.45, 2.75) is 15.2 Å². The van der Waals surface area contributed by atoms with Gasteiger partial charge in [0.2, 0.25) is 0 Å². The number of rotatable bonds is 5. The Kier molecular flexibility index (Phi) is 5.20. The van der Waals surface area contributed by atoms with Crippen molar-refractivity contribution in [1.82, 2.24) is 9.78 Å². The molecule has 4 aromatic rings. The lowest BCUT2D eigenvalue weighted by Gasteiger charge is -2.09. The number of para-hydroxylation sites is 1. The largest absolute Gasteiger partial charge is 0.360 e. The van der Waals surface area contributed by atoms with Crippen molar-refractivity contribution < 1.29 is 9.66 Å². The predicted molar refractivity (Wildman–Crippen MR) is 119 cm³/mol. The maximum atomic E-state index is 11.7. The van der Waals surface area contributed by atoms with E-state index in [0.717, 1.165) is 32.3 Å². The summed E-state index contributed by atoms with van der Waals surface area (Å²) in [6.07, 6.45) is 0. The molecule has 150 valence electrons. The van der Waals surface area contributed by atoms with Gasteiger partial charge in [-0.3, -0.25) is 10.1 Å². The van der Waals surface area contributed by atoms with Gasteiger partial charge in [0, 0.05) is 33.1 Å². The molecule has 3 aromatic carbocycles. The highest BCUT2D eigenvalue weighted by atomic mass is 32.2. The zero-order valence-electron chi connectivity index (χ0n) is 15.8. The molecule has 1 atom stereocenters. The Hall–Kier alpha value is -2.81. The standard InChI is InChI=1S/C22H17N3O3S2/c26-25(27)16-13-18-20(19(14-16)30-17-9-5-2-6-10-17)21(22-28-11-12-29-22)23-24(18)15-7-3-1-4-8-15/h1-10,13-14,22H,11-12H2/t22-/m1/s1. The Balaban J connectivity index is 1.78. The number of hydrogen-bond acceptors (Lipinski definition) is 6. The van der Waals surface area contributed by atoms with Crippen molar-refractivity contribution in [3.05, 3.63) is 88.6 Å². The number of nitro groups is 1. The van der Waals surface area contributed by atoms with Crippen LogP contribution in [0.15, 0.2) is 82.6 Å². The minimum absolute atomic E-state index is 0.0459. The molecular formula is C22H17N3O3S2. The van der Waals surface area contributed by atoms with Crippen molar-refractivity contribution in [3.8, 4) is 5.69 Å². The molecule has 30 heavy (non-hydrogen) atoms.